The second-order valence-corrected chi connectivity index (χ2v) is 15.4. The third-order valence-corrected chi connectivity index (χ3v) is 12.4. The molecule has 0 amide bonds. The van der Waals surface area contributed by atoms with Crippen LogP contribution in [0.15, 0.2) is 72.8 Å². The van der Waals surface area contributed by atoms with Gasteiger partial charge >= 0.3 is 0 Å². The lowest BCUT2D eigenvalue weighted by Crippen LogP contribution is -2.67. The normalized spacial score (nSPS) is 22.6. The number of carbonyl (C=O) groups excluding carboxylic acids is 1. The lowest BCUT2D eigenvalue weighted by molar-refractivity contribution is -0.122. The number of methoxy groups -OCH3 is 1. The van der Waals surface area contributed by atoms with Gasteiger partial charge in [0.05, 0.1) is 32.0 Å². The number of hydrogen-bond acceptors (Lipinski definition) is 6. The van der Waals surface area contributed by atoms with E-state index in [0.29, 0.717) is 32.5 Å². The highest BCUT2D eigenvalue weighted by Crippen LogP contribution is 2.36. The Hall–Kier alpha value is -2.13. The Morgan fingerprint density at radius 1 is 0.947 bits per heavy atom. The molecule has 0 spiro atoms. The summed E-state index contributed by atoms with van der Waals surface area (Å²) in [5, 5.41) is 2.20. The van der Waals surface area contributed by atoms with Crippen molar-refractivity contribution in [3.05, 3.63) is 72.8 Å². The van der Waals surface area contributed by atoms with E-state index in [9.17, 15) is 4.79 Å². The first kappa shape index (κ1) is 28.9. The predicted octanol–water partition coefficient (Wildman–Crippen LogP) is 4.40. The van der Waals surface area contributed by atoms with Crippen LogP contribution < -0.4 is 10.4 Å². The summed E-state index contributed by atoms with van der Waals surface area (Å²) in [6.45, 7) is 8.03. The van der Waals surface area contributed by atoms with E-state index in [-0.39, 0.29) is 42.0 Å². The van der Waals surface area contributed by atoms with Gasteiger partial charge in [-0.15, -0.1) is 0 Å². The van der Waals surface area contributed by atoms with Crippen LogP contribution in [0.2, 0.25) is 5.04 Å². The fourth-order valence-electron chi connectivity index (χ4n) is 5.56. The highest BCUT2D eigenvalue weighted by Gasteiger charge is 2.50. The van der Waals surface area contributed by atoms with Gasteiger partial charge in [0.1, 0.15) is 6.10 Å². The van der Waals surface area contributed by atoms with Gasteiger partial charge in [-0.2, -0.15) is 0 Å². The van der Waals surface area contributed by atoms with Crippen molar-refractivity contribution < 1.29 is 28.2 Å². The van der Waals surface area contributed by atoms with Crippen molar-refractivity contribution >= 4 is 24.5 Å². The minimum absolute atomic E-state index is 0.0799. The van der Waals surface area contributed by atoms with E-state index in [1.165, 1.54) is 10.4 Å². The lowest BCUT2D eigenvalue weighted by atomic mass is 10.0. The van der Waals surface area contributed by atoms with E-state index in [0.717, 1.165) is 6.42 Å². The molecule has 0 aliphatic carbocycles. The Kier molecular flexibility index (Phi) is 10.1. The van der Waals surface area contributed by atoms with E-state index in [2.05, 4.69) is 75.4 Å². The van der Waals surface area contributed by atoms with Crippen LogP contribution in [0.25, 0.3) is 0 Å². The number of ether oxygens (including phenoxy) is 4. The molecule has 2 aromatic rings. The third kappa shape index (κ3) is 6.89. The van der Waals surface area contributed by atoms with Crippen molar-refractivity contribution in [3.8, 4) is 0 Å². The molecular weight excluding hydrogens is 496 g/mol. The fourth-order valence-corrected chi connectivity index (χ4v) is 10.1. The van der Waals surface area contributed by atoms with E-state index in [1.54, 1.807) is 7.11 Å². The Balaban J connectivity index is 1.38. The maximum Gasteiger partial charge on any atom is 0.261 e. The van der Waals surface area contributed by atoms with Crippen molar-refractivity contribution in [2.75, 3.05) is 26.9 Å². The number of rotatable bonds is 12. The van der Waals surface area contributed by atoms with Gasteiger partial charge in [0.25, 0.3) is 8.32 Å². The Morgan fingerprint density at radius 3 is 2.11 bits per heavy atom. The number of hydrogen-bond donors (Lipinski definition) is 0. The van der Waals surface area contributed by atoms with E-state index in [4.69, 9.17) is 23.4 Å². The molecular formula is C31H42O6Si. The topological polar surface area (TPSA) is 63.2 Å². The summed E-state index contributed by atoms with van der Waals surface area (Å²) in [5.41, 5.74) is 0. The molecule has 2 aromatic carbocycles. The molecule has 0 bridgehead atoms. The van der Waals surface area contributed by atoms with Crippen LogP contribution in [0, 0.1) is 0 Å². The van der Waals surface area contributed by atoms with Crippen LogP contribution in [0.3, 0.4) is 0 Å². The number of benzene rings is 2. The van der Waals surface area contributed by atoms with Gasteiger partial charge in [0, 0.05) is 20.0 Å². The van der Waals surface area contributed by atoms with Gasteiger partial charge in [-0.25, -0.2) is 0 Å². The van der Waals surface area contributed by atoms with Crippen LogP contribution in [0.5, 0.6) is 0 Å². The van der Waals surface area contributed by atoms with Gasteiger partial charge in [-0.1, -0.05) is 93.6 Å². The maximum atomic E-state index is 13.1. The van der Waals surface area contributed by atoms with Crippen molar-refractivity contribution in [1.29, 1.82) is 0 Å². The molecule has 6 nitrogen and oxygen atoms in total. The standard InChI is InChI=1S/C31H42O6Si/c1-31(2,3)38(26-13-7-5-8-14-26,27-15-9-6-10-16-27)36-23-24(32)12-11-17-29-28(33-4)19-18-25(37-29)22-30-34-20-21-35-30/h5-10,13-16,18-19,25,28-30H,11-12,17,20-23H2,1-4H3/t25-,28-,29+/m0/s1. The van der Waals surface area contributed by atoms with Gasteiger partial charge in [0.2, 0.25) is 0 Å². The summed E-state index contributed by atoms with van der Waals surface area (Å²) in [4.78, 5) is 13.1. The first-order valence-corrected chi connectivity index (χ1v) is 15.6. The summed E-state index contributed by atoms with van der Waals surface area (Å²) >= 11 is 0. The SMILES string of the molecule is CO[C@H]1C=C[C@@H](CC2OCCO2)O[C@@H]1CCCC(=O)CO[Si](c1ccccc1)(c1ccccc1)C(C)(C)C. The summed E-state index contributed by atoms with van der Waals surface area (Å²) < 4.78 is 29.9. The summed E-state index contributed by atoms with van der Waals surface area (Å²) in [6.07, 6.45) is 6.10. The average molecular weight is 539 g/mol. The lowest BCUT2D eigenvalue weighted by Gasteiger charge is -2.42. The van der Waals surface area contributed by atoms with Gasteiger partial charge in [0.15, 0.2) is 12.1 Å². The summed E-state index contributed by atoms with van der Waals surface area (Å²) in [5.74, 6) is 0.114. The average Bonchev–Trinajstić information content (AvgIpc) is 3.43. The number of Topliss-reactive ketones (excluding diaryl/α,β-unsaturated/α-hetero) is 1. The largest absolute Gasteiger partial charge is 0.400 e. The van der Waals surface area contributed by atoms with Crippen molar-refractivity contribution in [3.63, 3.8) is 0 Å². The Bertz CT molecular complexity index is 990. The molecule has 0 saturated carbocycles. The quantitative estimate of drug-likeness (QED) is 0.295. The molecule has 2 aliphatic rings. The van der Waals surface area contributed by atoms with Crippen molar-refractivity contribution in [2.24, 2.45) is 0 Å². The number of ketones is 1. The molecule has 7 heteroatoms. The molecule has 2 heterocycles. The Morgan fingerprint density at radius 2 is 1.55 bits per heavy atom. The first-order valence-electron chi connectivity index (χ1n) is 13.7. The molecule has 2 aliphatic heterocycles. The van der Waals surface area contributed by atoms with Gasteiger partial charge < -0.3 is 23.4 Å². The van der Waals surface area contributed by atoms with Gasteiger partial charge in [-0.3, -0.25) is 4.79 Å². The minimum Gasteiger partial charge on any atom is -0.400 e. The van der Waals surface area contributed by atoms with E-state index < -0.39 is 8.32 Å². The molecule has 0 N–H and O–H groups in total. The molecule has 0 radical (unpaired) electrons. The van der Waals surface area contributed by atoms with Gasteiger partial charge in [-0.05, 0) is 28.3 Å². The second-order valence-electron chi connectivity index (χ2n) is 11.1. The molecule has 4 rings (SSSR count). The van der Waals surface area contributed by atoms with Crippen LogP contribution >= 0.6 is 0 Å². The number of carbonyl (C=O) groups is 1. The van der Waals surface area contributed by atoms with Crippen LogP contribution in [-0.4, -0.2) is 65.6 Å². The molecule has 1 saturated heterocycles. The molecule has 1 fully saturated rings. The zero-order valence-electron chi connectivity index (χ0n) is 23.1. The van der Waals surface area contributed by atoms with Crippen LogP contribution in [-0.2, 0) is 28.2 Å². The smallest absolute Gasteiger partial charge is 0.261 e. The molecule has 38 heavy (non-hydrogen) atoms. The zero-order valence-corrected chi connectivity index (χ0v) is 24.1. The maximum absolute atomic E-state index is 13.1. The second kappa shape index (κ2) is 13.3. The van der Waals surface area contributed by atoms with Crippen LogP contribution in [0.1, 0.15) is 46.5 Å². The van der Waals surface area contributed by atoms with Crippen LogP contribution in [0.4, 0.5) is 0 Å². The van der Waals surface area contributed by atoms with E-state index in [1.807, 2.05) is 18.2 Å². The highest BCUT2D eigenvalue weighted by molar-refractivity contribution is 6.99. The predicted molar refractivity (Wildman–Crippen MR) is 151 cm³/mol. The monoisotopic (exact) mass is 538 g/mol. The Labute approximate surface area is 228 Å². The highest BCUT2D eigenvalue weighted by atomic mass is 28.4. The summed E-state index contributed by atoms with van der Waals surface area (Å²) in [6, 6.07) is 20.8. The zero-order chi connectivity index (χ0) is 27.0. The van der Waals surface area contributed by atoms with E-state index >= 15 is 0 Å². The third-order valence-electron chi connectivity index (χ3n) is 7.43. The molecule has 206 valence electrons. The molecule has 3 atom stereocenters. The molecule has 0 unspecified atom stereocenters. The summed E-state index contributed by atoms with van der Waals surface area (Å²) in [7, 11) is -1.03. The van der Waals surface area contributed by atoms with Crippen molar-refractivity contribution in [1.82, 2.24) is 0 Å². The first-order chi connectivity index (χ1) is 18.3. The fraction of sp³-hybridized carbons (Fsp3) is 0.516. The molecule has 0 aromatic heterocycles. The van der Waals surface area contributed by atoms with Crippen molar-refractivity contribution in [2.45, 2.75) is 76.1 Å². The minimum atomic E-state index is -2.73.